The van der Waals surface area contributed by atoms with E-state index in [2.05, 4.69) is 11.5 Å². The van der Waals surface area contributed by atoms with Crippen molar-refractivity contribution in [2.45, 2.75) is 126 Å². The molecule has 17 nitrogen and oxygen atoms in total. The van der Waals surface area contributed by atoms with Crippen LogP contribution in [0.15, 0.2) is 82.3 Å². The highest BCUT2D eigenvalue weighted by atomic mass is 32.2. The highest BCUT2D eigenvalue weighted by Gasteiger charge is 2.49. The molecule has 68 heavy (non-hydrogen) atoms. The van der Waals surface area contributed by atoms with Crippen molar-refractivity contribution in [2.24, 2.45) is 5.92 Å². The Kier molecular flexibility index (Phi) is 19.2. The zero-order chi connectivity index (χ0) is 50.9. The summed E-state index contributed by atoms with van der Waals surface area (Å²) < 4.78 is 133. The fourth-order valence-corrected chi connectivity index (χ4v) is 11.4. The van der Waals surface area contributed by atoms with Crippen molar-refractivity contribution >= 4 is 63.5 Å². The van der Waals surface area contributed by atoms with E-state index in [9.17, 15) is 48.1 Å². The lowest BCUT2D eigenvalue weighted by atomic mass is 9.76. The predicted octanol–water partition coefficient (Wildman–Crippen LogP) is 7.40. The van der Waals surface area contributed by atoms with Crippen molar-refractivity contribution in [3.63, 3.8) is 0 Å². The Hall–Kier alpha value is -3.80. The van der Waals surface area contributed by atoms with Gasteiger partial charge in [0, 0.05) is 60.0 Å². The SMILES string of the molecule is COS(=O)(=O)CCCC1(C)C(=CC=CC=CC2=[N+](CC(C)CCOC(C)(C)C)c3ccc(S(=O)(=O)OC)cc3C2(C)CCCS(=O)(=O)OC)N(CCCCCC(=O)O)c2ccc(S(=O)(=O)O)cc21. The Labute approximate surface area is 404 Å². The number of hydrogen-bond donors (Lipinski definition) is 2. The fourth-order valence-electron chi connectivity index (χ4n) is 8.86. The second-order valence-electron chi connectivity index (χ2n) is 18.7. The molecule has 380 valence electrons. The summed E-state index contributed by atoms with van der Waals surface area (Å²) in [6.45, 7) is 13.3. The standard InChI is InChI=1S/C47H68N2O15S4/c1-35(25-29-64-45(2,3)4)34-49-41-24-22-37(68(59,60)63-9)33-39(41)47(6,27-17-31-66(54,55)62-8)43(49)19-13-10-12-18-42-46(5,26-16-30-65(52,53)61-7)38-32-36(67(56,57)58)21-23-40(38)48(42)28-15-11-14-20-44(50)51/h10,12-13,18-19,21-24,32-33,35H,11,14-17,20,25-31,34H2,1-9H3,(H-,50,51,56,57,58)/p+1. The number of aliphatic carboxylic acids is 1. The Morgan fingerprint density at radius 2 is 1.38 bits per heavy atom. The van der Waals surface area contributed by atoms with Crippen LogP contribution < -0.4 is 4.90 Å². The average Bonchev–Trinajstić information content (AvgIpc) is 3.61. The zero-order valence-corrected chi connectivity index (χ0v) is 43.8. The number of anilines is 1. The van der Waals surface area contributed by atoms with Crippen LogP contribution in [0.5, 0.6) is 0 Å². The first-order valence-corrected chi connectivity index (χ1v) is 28.5. The van der Waals surface area contributed by atoms with Gasteiger partial charge < -0.3 is 14.7 Å². The summed E-state index contributed by atoms with van der Waals surface area (Å²) in [5, 5.41) is 9.22. The number of ether oxygens (including phenoxy) is 1. The summed E-state index contributed by atoms with van der Waals surface area (Å²) in [6, 6.07) is 9.12. The number of unbranched alkanes of at least 4 members (excludes halogenated alkanes) is 2. The third-order valence-corrected chi connectivity index (χ3v) is 17.2. The highest BCUT2D eigenvalue weighted by molar-refractivity contribution is 7.87. The average molecular weight is 1030 g/mol. The molecular formula is C47H69N2O15S4+. The molecule has 2 aliphatic rings. The van der Waals surface area contributed by atoms with Crippen LogP contribution in [-0.4, -0.2) is 118 Å². The van der Waals surface area contributed by atoms with E-state index in [-0.39, 0.29) is 58.5 Å². The summed E-state index contributed by atoms with van der Waals surface area (Å²) in [6.07, 6.45) is 12.4. The fraction of sp³-hybridized carbons (Fsp3) is 0.574. The maximum Gasteiger partial charge on any atom is 0.303 e. The minimum Gasteiger partial charge on any atom is -0.481 e. The molecule has 0 spiro atoms. The van der Waals surface area contributed by atoms with Gasteiger partial charge in [-0.3, -0.25) is 21.9 Å². The molecule has 0 fully saturated rings. The molecule has 0 saturated heterocycles. The molecule has 2 N–H and O–H groups in total. The zero-order valence-electron chi connectivity index (χ0n) is 40.6. The lowest BCUT2D eigenvalue weighted by Gasteiger charge is -2.30. The van der Waals surface area contributed by atoms with Crippen molar-refractivity contribution in [3.05, 3.63) is 83.6 Å². The molecule has 0 saturated carbocycles. The molecule has 2 aromatic carbocycles. The molecule has 2 aliphatic heterocycles. The largest absolute Gasteiger partial charge is 0.481 e. The van der Waals surface area contributed by atoms with Gasteiger partial charge in [0.1, 0.15) is 0 Å². The molecule has 0 amide bonds. The third kappa shape index (κ3) is 14.6. The number of rotatable bonds is 27. The minimum absolute atomic E-state index is 0.00251. The third-order valence-electron chi connectivity index (χ3n) is 12.5. The van der Waals surface area contributed by atoms with E-state index in [0.29, 0.717) is 74.3 Å². The van der Waals surface area contributed by atoms with Crippen molar-refractivity contribution in [2.75, 3.05) is 57.4 Å². The Bertz CT molecular complexity index is 2720. The van der Waals surface area contributed by atoms with Crippen molar-refractivity contribution in [3.8, 4) is 0 Å². The number of carboxylic acids is 1. The van der Waals surface area contributed by atoms with Crippen molar-refractivity contribution in [1.82, 2.24) is 0 Å². The number of carbonyl (C=O) groups is 1. The predicted molar refractivity (Wildman–Crippen MR) is 261 cm³/mol. The Morgan fingerprint density at radius 3 is 1.96 bits per heavy atom. The number of allylic oxidation sites excluding steroid dienone is 6. The van der Waals surface area contributed by atoms with Gasteiger partial charge >= 0.3 is 5.97 Å². The quantitative estimate of drug-likeness (QED) is 0.0291. The second-order valence-corrected chi connectivity index (χ2v) is 25.5. The van der Waals surface area contributed by atoms with E-state index in [1.54, 1.807) is 30.4 Å². The van der Waals surface area contributed by atoms with E-state index >= 15 is 0 Å². The minimum atomic E-state index is -4.62. The van der Waals surface area contributed by atoms with Gasteiger partial charge in [-0.05, 0) is 122 Å². The maximum atomic E-state index is 13.0. The summed E-state index contributed by atoms with van der Waals surface area (Å²) >= 11 is 0. The van der Waals surface area contributed by atoms with Crippen LogP contribution in [0, 0.1) is 5.92 Å². The van der Waals surface area contributed by atoms with Gasteiger partial charge in [-0.1, -0.05) is 31.6 Å². The van der Waals surface area contributed by atoms with Crippen LogP contribution in [0.4, 0.5) is 11.4 Å². The van der Waals surface area contributed by atoms with Gasteiger partial charge in [0.25, 0.3) is 40.5 Å². The molecular weight excluding hydrogens is 961 g/mol. The first kappa shape index (κ1) is 56.8. The van der Waals surface area contributed by atoms with E-state index in [0.717, 1.165) is 32.7 Å². The lowest BCUT2D eigenvalue weighted by Crippen LogP contribution is -2.33. The topological polar surface area (TPSA) is 237 Å². The van der Waals surface area contributed by atoms with E-state index in [4.69, 9.17) is 17.3 Å². The van der Waals surface area contributed by atoms with Crippen LogP contribution >= 0.6 is 0 Å². The van der Waals surface area contributed by atoms with E-state index in [1.807, 2.05) is 57.7 Å². The number of hydrogen-bond acceptors (Lipinski definition) is 14. The molecule has 21 heteroatoms. The molecule has 0 bridgehead atoms. The van der Waals surface area contributed by atoms with Gasteiger partial charge in [-0.2, -0.15) is 38.2 Å². The van der Waals surface area contributed by atoms with Crippen LogP contribution in [0.2, 0.25) is 0 Å². The smallest absolute Gasteiger partial charge is 0.303 e. The van der Waals surface area contributed by atoms with Crippen molar-refractivity contribution in [1.29, 1.82) is 0 Å². The monoisotopic (exact) mass is 1030 g/mol. The van der Waals surface area contributed by atoms with Crippen LogP contribution in [0.1, 0.15) is 110 Å². The lowest BCUT2D eigenvalue weighted by molar-refractivity contribution is -0.446. The van der Waals surface area contributed by atoms with Gasteiger partial charge in [0.15, 0.2) is 12.3 Å². The summed E-state index contributed by atoms with van der Waals surface area (Å²) in [4.78, 5) is 12.9. The first-order valence-electron chi connectivity index (χ1n) is 22.5. The number of fused-ring (bicyclic) bond motifs is 2. The number of benzene rings is 2. The molecule has 0 radical (unpaired) electrons. The molecule has 0 aliphatic carbocycles. The summed E-state index contributed by atoms with van der Waals surface area (Å²) in [7, 11) is -13.1. The van der Waals surface area contributed by atoms with Gasteiger partial charge in [0.05, 0.1) is 53.6 Å². The molecule has 0 aromatic heterocycles. The van der Waals surface area contributed by atoms with E-state index in [1.165, 1.54) is 18.2 Å². The molecule has 2 heterocycles. The highest BCUT2D eigenvalue weighted by Crippen LogP contribution is 2.51. The first-order chi connectivity index (χ1) is 31.5. The maximum absolute atomic E-state index is 13.0. The molecule has 2 aromatic rings. The van der Waals surface area contributed by atoms with Gasteiger partial charge in [-0.25, -0.2) is 0 Å². The summed E-state index contributed by atoms with van der Waals surface area (Å²) in [5.41, 5.74) is 1.92. The van der Waals surface area contributed by atoms with Gasteiger partial charge in [0.2, 0.25) is 5.69 Å². The van der Waals surface area contributed by atoms with Crippen LogP contribution in [0.3, 0.4) is 0 Å². The molecule has 3 atom stereocenters. The normalized spacial score (nSPS) is 20.3. The molecule has 3 unspecified atom stereocenters. The van der Waals surface area contributed by atoms with E-state index < -0.39 is 57.3 Å². The van der Waals surface area contributed by atoms with Gasteiger partial charge in [-0.15, -0.1) is 0 Å². The van der Waals surface area contributed by atoms with Crippen LogP contribution in [0.25, 0.3) is 0 Å². The second kappa shape index (κ2) is 23.0. The summed E-state index contributed by atoms with van der Waals surface area (Å²) in [5.74, 6) is -1.39. The van der Waals surface area contributed by atoms with Crippen molar-refractivity contribution < 1.29 is 70.0 Å². The number of carboxylic acid groups (broad SMARTS) is 1. The Morgan fingerprint density at radius 1 is 0.779 bits per heavy atom. The van der Waals surface area contributed by atoms with Crippen LogP contribution in [-0.2, 0) is 73.4 Å². The molecule has 4 rings (SSSR count). The Balaban J connectivity index is 1.87. The number of nitrogens with zero attached hydrogens (tertiary/aromatic N) is 2.